The molecule has 1 aromatic rings. The number of ether oxygens (including phenoxy) is 2. The molecule has 0 heterocycles. The Hall–Kier alpha value is -1.88. The van der Waals surface area contributed by atoms with Crippen molar-refractivity contribution in [1.82, 2.24) is 0 Å². The van der Waals surface area contributed by atoms with E-state index >= 15 is 0 Å². The van der Waals surface area contributed by atoms with Crippen molar-refractivity contribution >= 4 is 12.3 Å². The molecule has 0 spiro atoms. The van der Waals surface area contributed by atoms with E-state index in [0.717, 1.165) is 32.0 Å². The Morgan fingerprint density at radius 1 is 1.00 bits per heavy atom. The van der Waals surface area contributed by atoms with E-state index in [4.69, 9.17) is 9.47 Å². The molecular formula is C25H40O5. The minimum Gasteiger partial charge on any atom is -0.494 e. The van der Waals surface area contributed by atoms with E-state index in [9.17, 15) is 14.7 Å². The number of aliphatic hydroxyl groups is 1. The smallest absolute Gasteiger partial charge is 0.305 e. The van der Waals surface area contributed by atoms with Gasteiger partial charge in [0.25, 0.3) is 0 Å². The summed E-state index contributed by atoms with van der Waals surface area (Å²) in [5, 5.41) is 9.96. The first-order chi connectivity index (χ1) is 14.7. The van der Waals surface area contributed by atoms with Crippen LogP contribution in [0.5, 0.6) is 5.75 Å². The molecule has 1 N–H and O–H groups in total. The van der Waals surface area contributed by atoms with Gasteiger partial charge in [-0.1, -0.05) is 70.4 Å². The summed E-state index contributed by atoms with van der Waals surface area (Å²) in [4.78, 5) is 22.5. The first kappa shape index (κ1) is 26.2. The third kappa shape index (κ3) is 14.2. The number of hydrogen-bond donors (Lipinski definition) is 1. The summed E-state index contributed by atoms with van der Waals surface area (Å²) in [6.45, 7) is 2.82. The summed E-state index contributed by atoms with van der Waals surface area (Å²) in [5.74, 6) is 0.459. The third-order valence-electron chi connectivity index (χ3n) is 5.12. The second-order valence-electron chi connectivity index (χ2n) is 7.95. The van der Waals surface area contributed by atoms with Crippen molar-refractivity contribution in [2.24, 2.45) is 0 Å². The maximum atomic E-state index is 11.8. The Bertz CT molecular complexity index is 572. The number of benzene rings is 1. The molecule has 0 aliphatic carbocycles. The summed E-state index contributed by atoms with van der Waals surface area (Å²) in [6.07, 6.45) is 13.7. The molecule has 0 saturated heterocycles. The number of aliphatic hydroxyl groups excluding tert-OH is 1. The molecule has 0 fully saturated rings. The highest BCUT2D eigenvalue weighted by Crippen LogP contribution is 2.13. The van der Waals surface area contributed by atoms with Crippen LogP contribution >= 0.6 is 0 Å². The lowest BCUT2D eigenvalue weighted by Crippen LogP contribution is -2.18. The number of esters is 1. The van der Waals surface area contributed by atoms with Gasteiger partial charge < -0.3 is 14.6 Å². The van der Waals surface area contributed by atoms with Gasteiger partial charge in [0, 0.05) is 12.0 Å². The fraction of sp³-hybridized carbons (Fsp3) is 0.680. The maximum Gasteiger partial charge on any atom is 0.305 e. The predicted octanol–water partition coefficient (Wildman–Crippen LogP) is 5.87. The van der Waals surface area contributed by atoms with Crippen LogP contribution in [0.2, 0.25) is 0 Å². The predicted molar refractivity (Wildman–Crippen MR) is 120 cm³/mol. The first-order valence-electron chi connectivity index (χ1n) is 11.7. The van der Waals surface area contributed by atoms with E-state index in [2.05, 4.69) is 6.92 Å². The highest BCUT2D eigenvalue weighted by atomic mass is 16.5. The molecule has 0 aliphatic rings. The van der Waals surface area contributed by atoms with E-state index in [1.54, 1.807) is 18.2 Å². The second-order valence-corrected chi connectivity index (χ2v) is 7.95. The maximum absolute atomic E-state index is 11.8. The summed E-state index contributed by atoms with van der Waals surface area (Å²) in [7, 11) is 0. The molecule has 0 amide bonds. The number of carbonyl (C=O) groups is 2. The highest BCUT2D eigenvalue weighted by Gasteiger charge is 2.09. The van der Waals surface area contributed by atoms with Gasteiger partial charge in [-0.05, 0) is 37.8 Å². The molecule has 1 atom stereocenters. The lowest BCUT2D eigenvalue weighted by Gasteiger charge is -2.12. The molecule has 170 valence electrons. The van der Waals surface area contributed by atoms with Gasteiger partial charge in [-0.15, -0.1) is 0 Å². The number of carbonyl (C=O) groups excluding carboxylic acids is 2. The van der Waals surface area contributed by atoms with Gasteiger partial charge in [-0.2, -0.15) is 0 Å². The lowest BCUT2D eigenvalue weighted by molar-refractivity contribution is -0.146. The van der Waals surface area contributed by atoms with Crippen molar-refractivity contribution in [2.45, 2.75) is 96.5 Å². The van der Waals surface area contributed by atoms with Crippen LogP contribution < -0.4 is 4.74 Å². The molecule has 0 bridgehead atoms. The minimum absolute atomic E-state index is 0.0680. The molecule has 1 rings (SSSR count). The van der Waals surface area contributed by atoms with Gasteiger partial charge in [0.05, 0.1) is 12.7 Å². The van der Waals surface area contributed by atoms with E-state index in [1.165, 1.54) is 44.9 Å². The molecule has 0 unspecified atom stereocenters. The van der Waals surface area contributed by atoms with E-state index < -0.39 is 6.10 Å². The SMILES string of the molecule is CCCCCCCCCCCC(=O)OC[C@@H](O)CCCCOc1cccc(C=O)c1. The van der Waals surface area contributed by atoms with Gasteiger partial charge >= 0.3 is 5.97 Å². The first-order valence-corrected chi connectivity index (χ1v) is 11.7. The van der Waals surface area contributed by atoms with Crippen LogP contribution in [0.3, 0.4) is 0 Å². The van der Waals surface area contributed by atoms with Gasteiger partial charge in [-0.3, -0.25) is 9.59 Å². The molecule has 0 aromatic heterocycles. The molecule has 1 aromatic carbocycles. The fourth-order valence-electron chi connectivity index (χ4n) is 3.27. The number of unbranched alkanes of at least 4 members (excludes halogenated alkanes) is 9. The zero-order valence-electron chi connectivity index (χ0n) is 18.7. The van der Waals surface area contributed by atoms with Crippen LogP contribution in [0.1, 0.15) is 101 Å². The Balaban J connectivity index is 1.93. The largest absolute Gasteiger partial charge is 0.494 e. The van der Waals surface area contributed by atoms with E-state index in [0.29, 0.717) is 30.8 Å². The Kier molecular flexibility index (Phi) is 15.6. The molecule has 0 aliphatic heterocycles. The quantitative estimate of drug-likeness (QED) is 0.172. The average Bonchev–Trinajstić information content (AvgIpc) is 2.76. The summed E-state index contributed by atoms with van der Waals surface area (Å²) < 4.78 is 10.8. The average molecular weight is 421 g/mol. The van der Waals surface area contributed by atoms with Crippen molar-refractivity contribution in [3.8, 4) is 5.75 Å². The number of rotatable bonds is 19. The van der Waals surface area contributed by atoms with Gasteiger partial charge in [0.1, 0.15) is 18.6 Å². The third-order valence-corrected chi connectivity index (χ3v) is 5.12. The van der Waals surface area contributed by atoms with Crippen LogP contribution in [-0.2, 0) is 9.53 Å². The minimum atomic E-state index is -0.629. The van der Waals surface area contributed by atoms with Crippen molar-refractivity contribution in [2.75, 3.05) is 13.2 Å². The van der Waals surface area contributed by atoms with Crippen molar-refractivity contribution in [3.63, 3.8) is 0 Å². The highest BCUT2D eigenvalue weighted by molar-refractivity contribution is 5.75. The molecular weight excluding hydrogens is 380 g/mol. The molecule has 30 heavy (non-hydrogen) atoms. The van der Waals surface area contributed by atoms with Gasteiger partial charge in [0.15, 0.2) is 0 Å². The zero-order chi connectivity index (χ0) is 21.9. The summed E-state index contributed by atoms with van der Waals surface area (Å²) in [6, 6.07) is 7.03. The van der Waals surface area contributed by atoms with Crippen LogP contribution in [0, 0.1) is 0 Å². The van der Waals surface area contributed by atoms with Crippen LogP contribution in [0.4, 0.5) is 0 Å². The van der Waals surface area contributed by atoms with Gasteiger partial charge in [0.2, 0.25) is 0 Å². The second kappa shape index (κ2) is 17.9. The lowest BCUT2D eigenvalue weighted by atomic mass is 10.1. The molecule has 0 saturated carbocycles. The fourth-order valence-corrected chi connectivity index (χ4v) is 3.27. The molecule has 0 radical (unpaired) electrons. The normalized spacial score (nSPS) is 11.8. The Morgan fingerprint density at radius 3 is 2.40 bits per heavy atom. The van der Waals surface area contributed by atoms with Crippen LogP contribution in [0.15, 0.2) is 24.3 Å². The Morgan fingerprint density at radius 2 is 1.70 bits per heavy atom. The standard InChI is InChI=1S/C25H40O5/c1-2-3-4-5-6-7-8-9-10-17-25(28)30-21-23(27)15-11-12-18-29-24-16-13-14-22(19-24)20-26/h13-14,16,19-20,23,27H,2-12,15,17-18,21H2,1H3/t23-/m0/s1. The van der Waals surface area contributed by atoms with E-state index in [-0.39, 0.29) is 12.6 Å². The molecule has 5 heteroatoms. The topological polar surface area (TPSA) is 72.8 Å². The summed E-state index contributed by atoms with van der Waals surface area (Å²) in [5.41, 5.74) is 0.590. The summed E-state index contributed by atoms with van der Waals surface area (Å²) >= 11 is 0. The van der Waals surface area contributed by atoms with E-state index in [1.807, 2.05) is 6.07 Å². The zero-order valence-corrected chi connectivity index (χ0v) is 18.7. The Labute approximate surface area is 182 Å². The molecule has 5 nitrogen and oxygen atoms in total. The van der Waals surface area contributed by atoms with Crippen LogP contribution in [0.25, 0.3) is 0 Å². The monoisotopic (exact) mass is 420 g/mol. The van der Waals surface area contributed by atoms with Gasteiger partial charge in [-0.25, -0.2) is 0 Å². The number of hydrogen-bond acceptors (Lipinski definition) is 5. The van der Waals surface area contributed by atoms with Crippen molar-refractivity contribution in [3.05, 3.63) is 29.8 Å². The van der Waals surface area contributed by atoms with Crippen LogP contribution in [-0.4, -0.2) is 36.7 Å². The van der Waals surface area contributed by atoms with Crippen molar-refractivity contribution < 1.29 is 24.2 Å². The number of aldehydes is 1. The van der Waals surface area contributed by atoms with Crippen molar-refractivity contribution in [1.29, 1.82) is 0 Å².